The molecule has 0 aliphatic rings. The van der Waals surface area contributed by atoms with E-state index in [0.29, 0.717) is 18.4 Å². The van der Waals surface area contributed by atoms with Gasteiger partial charge in [-0.25, -0.2) is 9.98 Å². The zero-order valence-corrected chi connectivity index (χ0v) is 13.6. The van der Waals surface area contributed by atoms with Crippen LogP contribution in [0.5, 0.6) is 0 Å². The van der Waals surface area contributed by atoms with Crippen LogP contribution in [0.25, 0.3) is 0 Å². The number of benzene rings is 1. The number of nitrogens with two attached hydrogens (primary N) is 1. The Kier molecular flexibility index (Phi) is 5.33. The molecule has 1 heterocycles. The van der Waals surface area contributed by atoms with Crippen molar-refractivity contribution in [2.45, 2.75) is 39.7 Å². The highest BCUT2D eigenvalue weighted by atomic mass is 32.1. The summed E-state index contributed by atoms with van der Waals surface area (Å²) in [5.74, 6) is 0.998. The number of aromatic nitrogens is 1. The highest BCUT2D eigenvalue weighted by Crippen LogP contribution is 2.20. The molecule has 21 heavy (non-hydrogen) atoms. The summed E-state index contributed by atoms with van der Waals surface area (Å²) < 4.78 is 0. The molecule has 1 unspecified atom stereocenters. The second-order valence-electron chi connectivity index (χ2n) is 5.12. The van der Waals surface area contributed by atoms with Crippen LogP contribution in [0, 0.1) is 6.92 Å². The van der Waals surface area contributed by atoms with E-state index in [9.17, 15) is 0 Å². The number of aryl methyl sites for hydroxylation is 1. The van der Waals surface area contributed by atoms with Gasteiger partial charge in [0, 0.05) is 16.8 Å². The first kappa shape index (κ1) is 15.5. The van der Waals surface area contributed by atoms with Gasteiger partial charge >= 0.3 is 0 Å². The van der Waals surface area contributed by atoms with Gasteiger partial charge in [0.25, 0.3) is 0 Å². The normalized spacial score (nSPS) is 13.2. The van der Waals surface area contributed by atoms with Gasteiger partial charge in [-0.3, -0.25) is 0 Å². The fourth-order valence-corrected chi connectivity index (χ4v) is 2.66. The number of rotatable bonds is 5. The molecule has 1 aromatic heterocycles. The van der Waals surface area contributed by atoms with Crippen LogP contribution in [-0.4, -0.2) is 10.9 Å². The monoisotopic (exact) mass is 302 g/mol. The Balaban J connectivity index is 1.94. The van der Waals surface area contributed by atoms with E-state index in [1.807, 2.05) is 25.3 Å². The molecule has 3 N–H and O–H groups in total. The van der Waals surface area contributed by atoms with Crippen LogP contribution >= 0.6 is 11.3 Å². The van der Waals surface area contributed by atoms with Crippen LogP contribution < -0.4 is 11.1 Å². The lowest BCUT2D eigenvalue weighted by Gasteiger charge is -2.10. The first-order chi connectivity index (χ1) is 10.1. The highest BCUT2D eigenvalue weighted by molar-refractivity contribution is 7.11. The summed E-state index contributed by atoms with van der Waals surface area (Å²) in [4.78, 5) is 9.76. The zero-order chi connectivity index (χ0) is 15.2. The molecule has 5 heteroatoms. The van der Waals surface area contributed by atoms with E-state index in [1.165, 1.54) is 10.4 Å². The van der Waals surface area contributed by atoms with Crippen LogP contribution in [0.15, 0.2) is 35.5 Å². The molecule has 2 aromatic rings. The van der Waals surface area contributed by atoms with E-state index in [4.69, 9.17) is 5.73 Å². The minimum Gasteiger partial charge on any atom is -0.370 e. The molecule has 2 rings (SSSR count). The Bertz CT molecular complexity index is 601. The molecule has 1 atom stereocenters. The van der Waals surface area contributed by atoms with Crippen molar-refractivity contribution in [2.75, 3.05) is 5.32 Å². The lowest BCUT2D eigenvalue weighted by atomic mass is 9.99. The third-order valence-corrected chi connectivity index (χ3v) is 4.32. The van der Waals surface area contributed by atoms with Gasteiger partial charge in [0.2, 0.25) is 0 Å². The predicted molar refractivity (Wildman–Crippen MR) is 90.9 cm³/mol. The molecule has 0 bridgehead atoms. The van der Waals surface area contributed by atoms with Crippen molar-refractivity contribution >= 4 is 23.0 Å². The van der Waals surface area contributed by atoms with Crippen LogP contribution in [0.2, 0.25) is 0 Å². The molecular weight excluding hydrogens is 280 g/mol. The molecule has 0 aliphatic heterocycles. The average molecular weight is 302 g/mol. The number of aliphatic imine (C=N–C) groups is 1. The molecule has 0 saturated carbocycles. The second kappa shape index (κ2) is 7.22. The minimum atomic E-state index is 0.416. The Hall–Kier alpha value is -1.88. The van der Waals surface area contributed by atoms with Crippen LogP contribution in [0.4, 0.5) is 5.69 Å². The summed E-state index contributed by atoms with van der Waals surface area (Å²) in [5, 5.41) is 4.08. The Morgan fingerprint density at radius 2 is 2.10 bits per heavy atom. The van der Waals surface area contributed by atoms with E-state index in [1.54, 1.807) is 11.3 Å². The lowest BCUT2D eigenvalue weighted by molar-refractivity contribution is 0.734. The third-order valence-electron chi connectivity index (χ3n) is 3.42. The molecule has 0 amide bonds. The molecule has 0 fully saturated rings. The van der Waals surface area contributed by atoms with E-state index in [0.717, 1.165) is 17.1 Å². The van der Waals surface area contributed by atoms with Crippen molar-refractivity contribution in [1.82, 2.24) is 4.98 Å². The maximum Gasteiger partial charge on any atom is 0.193 e. The van der Waals surface area contributed by atoms with Crippen molar-refractivity contribution in [2.24, 2.45) is 10.7 Å². The Labute approximate surface area is 130 Å². The largest absolute Gasteiger partial charge is 0.370 e. The van der Waals surface area contributed by atoms with Gasteiger partial charge in [-0.1, -0.05) is 26.0 Å². The SMILES string of the molecule is CCC(C)c1ccc(NC(N)=NCc2ncc(C)s2)cc1. The Morgan fingerprint density at radius 1 is 1.38 bits per heavy atom. The number of guanidine groups is 1. The maximum absolute atomic E-state index is 5.90. The fourth-order valence-electron chi connectivity index (χ4n) is 1.95. The fraction of sp³-hybridized carbons (Fsp3) is 0.375. The van der Waals surface area contributed by atoms with Gasteiger partial charge < -0.3 is 11.1 Å². The highest BCUT2D eigenvalue weighted by Gasteiger charge is 2.03. The average Bonchev–Trinajstić information content (AvgIpc) is 2.91. The number of anilines is 1. The van der Waals surface area contributed by atoms with E-state index >= 15 is 0 Å². The van der Waals surface area contributed by atoms with E-state index in [2.05, 4.69) is 41.3 Å². The molecule has 112 valence electrons. The molecule has 1 aromatic carbocycles. The van der Waals surface area contributed by atoms with E-state index in [-0.39, 0.29) is 0 Å². The molecular formula is C16H22N4S. The first-order valence-electron chi connectivity index (χ1n) is 7.16. The number of thiazole rings is 1. The summed E-state index contributed by atoms with van der Waals surface area (Å²) >= 11 is 1.64. The first-order valence-corrected chi connectivity index (χ1v) is 7.98. The van der Waals surface area contributed by atoms with Gasteiger partial charge in [-0.05, 0) is 37.0 Å². The number of nitrogens with zero attached hydrogens (tertiary/aromatic N) is 2. The van der Waals surface area contributed by atoms with Gasteiger partial charge in [0.15, 0.2) is 5.96 Å². The van der Waals surface area contributed by atoms with Gasteiger partial charge in [-0.2, -0.15) is 0 Å². The van der Waals surface area contributed by atoms with Crippen molar-refractivity contribution in [3.8, 4) is 0 Å². The van der Waals surface area contributed by atoms with Crippen molar-refractivity contribution in [1.29, 1.82) is 0 Å². The lowest BCUT2D eigenvalue weighted by Crippen LogP contribution is -2.22. The summed E-state index contributed by atoms with van der Waals surface area (Å²) in [5.41, 5.74) is 8.20. The van der Waals surface area contributed by atoms with Crippen molar-refractivity contribution < 1.29 is 0 Å². The Morgan fingerprint density at radius 3 is 2.67 bits per heavy atom. The molecule has 0 spiro atoms. The van der Waals surface area contributed by atoms with Gasteiger partial charge in [0.05, 0.1) is 6.54 Å². The number of hydrogen-bond acceptors (Lipinski definition) is 3. The number of hydrogen-bond donors (Lipinski definition) is 2. The van der Waals surface area contributed by atoms with Crippen molar-refractivity contribution in [3.63, 3.8) is 0 Å². The predicted octanol–water partition coefficient (Wildman–Crippen LogP) is 3.89. The van der Waals surface area contributed by atoms with Crippen LogP contribution in [-0.2, 0) is 6.54 Å². The third kappa shape index (κ3) is 4.56. The molecule has 4 nitrogen and oxygen atoms in total. The maximum atomic E-state index is 5.90. The zero-order valence-electron chi connectivity index (χ0n) is 12.8. The minimum absolute atomic E-state index is 0.416. The molecule has 0 saturated heterocycles. The molecule has 0 radical (unpaired) electrons. The van der Waals surface area contributed by atoms with Crippen LogP contribution in [0.3, 0.4) is 0 Å². The van der Waals surface area contributed by atoms with Gasteiger partial charge in [0.1, 0.15) is 5.01 Å². The number of nitrogens with one attached hydrogen (secondary N) is 1. The summed E-state index contributed by atoms with van der Waals surface area (Å²) in [6.07, 6.45) is 3.00. The second-order valence-corrected chi connectivity index (χ2v) is 6.44. The van der Waals surface area contributed by atoms with Crippen molar-refractivity contribution in [3.05, 3.63) is 45.9 Å². The van der Waals surface area contributed by atoms with Crippen LogP contribution in [0.1, 0.15) is 41.6 Å². The standard InChI is InChI=1S/C16H22N4S/c1-4-11(2)13-5-7-14(8-6-13)20-16(17)19-10-15-18-9-12(3)21-15/h5-9,11H,4,10H2,1-3H3,(H3,17,19,20). The molecule has 0 aliphatic carbocycles. The summed E-state index contributed by atoms with van der Waals surface area (Å²) in [6, 6.07) is 8.34. The topological polar surface area (TPSA) is 63.3 Å². The summed E-state index contributed by atoms with van der Waals surface area (Å²) in [6.45, 7) is 6.98. The quantitative estimate of drug-likeness (QED) is 0.650. The smallest absolute Gasteiger partial charge is 0.193 e. The van der Waals surface area contributed by atoms with E-state index < -0.39 is 0 Å². The summed E-state index contributed by atoms with van der Waals surface area (Å²) in [7, 11) is 0. The van der Waals surface area contributed by atoms with Gasteiger partial charge in [-0.15, -0.1) is 11.3 Å².